The summed E-state index contributed by atoms with van der Waals surface area (Å²) in [6.07, 6.45) is 2.06. The number of ether oxygens (including phenoxy) is 1. The number of nitrogens with one attached hydrogen (secondary N) is 1. The van der Waals surface area contributed by atoms with Gasteiger partial charge < -0.3 is 15.0 Å². The third-order valence-electron chi connectivity index (χ3n) is 3.16. The number of hydrogen-bond acceptors (Lipinski definition) is 3. The van der Waals surface area contributed by atoms with Crippen LogP contribution < -0.4 is 10.1 Å². The molecule has 1 aromatic carbocycles. The van der Waals surface area contributed by atoms with Crippen molar-refractivity contribution in [2.45, 2.75) is 12.8 Å². The number of hydrogen-bond donors (Lipinski definition) is 1. The summed E-state index contributed by atoms with van der Waals surface area (Å²) in [7, 11) is 0. The van der Waals surface area contributed by atoms with Crippen LogP contribution in [0.15, 0.2) is 18.2 Å². The summed E-state index contributed by atoms with van der Waals surface area (Å²) in [4.78, 5) is 25.1. The van der Waals surface area contributed by atoms with Gasteiger partial charge in [-0.2, -0.15) is 0 Å². The predicted octanol–water partition coefficient (Wildman–Crippen LogP) is 2.11. The number of nitrogens with zero attached hydrogens (tertiary/aromatic N) is 1. The van der Waals surface area contributed by atoms with Crippen LogP contribution in [0.1, 0.15) is 12.8 Å². The van der Waals surface area contributed by atoms with Crippen molar-refractivity contribution in [3.05, 3.63) is 28.2 Å². The fourth-order valence-electron chi connectivity index (χ4n) is 2.02. The molecular formula is C14H16Cl2N2O3. The Morgan fingerprint density at radius 1 is 1.19 bits per heavy atom. The van der Waals surface area contributed by atoms with Crippen LogP contribution >= 0.6 is 23.2 Å². The van der Waals surface area contributed by atoms with Crippen molar-refractivity contribution in [2.75, 3.05) is 26.2 Å². The average molecular weight is 331 g/mol. The van der Waals surface area contributed by atoms with E-state index in [0.29, 0.717) is 15.8 Å². The average Bonchev–Trinajstić information content (AvgIpc) is 3.00. The first-order valence-electron chi connectivity index (χ1n) is 6.68. The maximum atomic E-state index is 11.7. The summed E-state index contributed by atoms with van der Waals surface area (Å²) in [5.74, 6) is 0.0365. The minimum absolute atomic E-state index is 0.00354. The summed E-state index contributed by atoms with van der Waals surface area (Å²) in [6, 6.07) is 4.75. The molecule has 2 rings (SSSR count). The van der Waals surface area contributed by atoms with E-state index in [2.05, 4.69) is 5.32 Å². The molecule has 2 amide bonds. The molecule has 1 aromatic rings. The van der Waals surface area contributed by atoms with Crippen molar-refractivity contribution < 1.29 is 14.3 Å². The predicted molar refractivity (Wildman–Crippen MR) is 80.8 cm³/mol. The quantitative estimate of drug-likeness (QED) is 0.899. The molecule has 0 radical (unpaired) electrons. The molecule has 1 heterocycles. The summed E-state index contributed by atoms with van der Waals surface area (Å²) in [5.41, 5.74) is 0. The van der Waals surface area contributed by atoms with Gasteiger partial charge >= 0.3 is 0 Å². The van der Waals surface area contributed by atoms with Gasteiger partial charge in [0.05, 0.1) is 16.6 Å². The highest BCUT2D eigenvalue weighted by Gasteiger charge is 2.18. The Morgan fingerprint density at radius 2 is 1.90 bits per heavy atom. The molecule has 0 bridgehead atoms. The van der Waals surface area contributed by atoms with Crippen LogP contribution in [-0.4, -0.2) is 43.0 Å². The first-order valence-corrected chi connectivity index (χ1v) is 7.44. The van der Waals surface area contributed by atoms with E-state index in [0.717, 1.165) is 25.9 Å². The maximum absolute atomic E-state index is 11.7. The lowest BCUT2D eigenvalue weighted by molar-refractivity contribution is -0.132. The Kier molecular flexibility index (Phi) is 5.70. The van der Waals surface area contributed by atoms with Gasteiger partial charge in [0.25, 0.3) is 5.91 Å². The highest BCUT2D eigenvalue weighted by Crippen LogP contribution is 2.26. The van der Waals surface area contributed by atoms with Crippen LogP contribution in [0, 0.1) is 0 Å². The monoisotopic (exact) mass is 330 g/mol. The number of carbonyl (C=O) groups is 2. The van der Waals surface area contributed by atoms with Crippen molar-refractivity contribution >= 4 is 35.0 Å². The van der Waals surface area contributed by atoms with E-state index >= 15 is 0 Å². The third-order valence-corrected chi connectivity index (χ3v) is 3.90. The Bertz CT molecular complexity index is 531. The van der Waals surface area contributed by atoms with Crippen molar-refractivity contribution in [3.63, 3.8) is 0 Å². The molecule has 7 heteroatoms. The topological polar surface area (TPSA) is 58.6 Å². The largest absolute Gasteiger partial charge is 0.484 e. The molecule has 1 aliphatic rings. The molecule has 1 saturated heterocycles. The van der Waals surface area contributed by atoms with Gasteiger partial charge in [0.2, 0.25) is 5.91 Å². The molecule has 0 aromatic heterocycles. The first kappa shape index (κ1) is 15.9. The lowest BCUT2D eigenvalue weighted by Crippen LogP contribution is -2.40. The number of halogens is 2. The van der Waals surface area contributed by atoms with E-state index in [1.54, 1.807) is 17.0 Å². The minimum atomic E-state index is -0.353. The van der Waals surface area contributed by atoms with Crippen molar-refractivity contribution in [3.8, 4) is 5.75 Å². The zero-order valence-corrected chi connectivity index (χ0v) is 12.9. The molecule has 0 aliphatic carbocycles. The fraction of sp³-hybridized carbons (Fsp3) is 0.429. The second-order valence-corrected chi connectivity index (χ2v) is 5.54. The number of benzene rings is 1. The number of likely N-dealkylation sites (tertiary alicyclic amines) is 1. The summed E-state index contributed by atoms with van der Waals surface area (Å²) in [6.45, 7) is 1.37. The molecule has 21 heavy (non-hydrogen) atoms. The molecule has 114 valence electrons. The van der Waals surface area contributed by atoms with Crippen LogP contribution in [0.5, 0.6) is 5.75 Å². The van der Waals surface area contributed by atoms with E-state index in [4.69, 9.17) is 27.9 Å². The number of rotatable bonds is 5. The van der Waals surface area contributed by atoms with Crippen molar-refractivity contribution in [1.29, 1.82) is 0 Å². The van der Waals surface area contributed by atoms with E-state index < -0.39 is 0 Å². The maximum Gasteiger partial charge on any atom is 0.258 e. The summed E-state index contributed by atoms with van der Waals surface area (Å²) < 4.78 is 5.28. The van der Waals surface area contributed by atoms with Gasteiger partial charge in [0.1, 0.15) is 5.75 Å². The molecule has 1 fully saturated rings. The van der Waals surface area contributed by atoms with E-state index in [9.17, 15) is 9.59 Å². The zero-order valence-electron chi connectivity index (χ0n) is 11.4. The molecule has 0 saturated carbocycles. The molecular weight excluding hydrogens is 315 g/mol. The zero-order chi connectivity index (χ0) is 15.2. The van der Waals surface area contributed by atoms with Crippen molar-refractivity contribution in [1.82, 2.24) is 10.2 Å². The standard InChI is InChI=1S/C14H16Cl2N2O3/c15-11-4-3-10(7-12(11)16)21-9-13(19)17-8-14(20)18-5-1-2-6-18/h3-4,7H,1-2,5-6,8-9H2,(H,17,19). The van der Waals surface area contributed by atoms with Gasteiger partial charge in [-0.25, -0.2) is 0 Å². The minimum Gasteiger partial charge on any atom is -0.484 e. The second-order valence-electron chi connectivity index (χ2n) is 4.73. The van der Waals surface area contributed by atoms with Gasteiger partial charge in [-0.05, 0) is 25.0 Å². The van der Waals surface area contributed by atoms with Crippen molar-refractivity contribution in [2.24, 2.45) is 0 Å². The van der Waals surface area contributed by atoms with Gasteiger partial charge in [-0.1, -0.05) is 23.2 Å². The highest BCUT2D eigenvalue weighted by molar-refractivity contribution is 6.42. The van der Waals surface area contributed by atoms with Gasteiger partial charge in [-0.3, -0.25) is 9.59 Å². The molecule has 1 N–H and O–H groups in total. The summed E-state index contributed by atoms with van der Waals surface area (Å²) >= 11 is 11.6. The fourth-order valence-corrected chi connectivity index (χ4v) is 2.31. The van der Waals surface area contributed by atoms with E-state index in [1.807, 2.05) is 0 Å². The van der Waals surface area contributed by atoms with Crippen LogP contribution in [0.4, 0.5) is 0 Å². The van der Waals surface area contributed by atoms with Gasteiger partial charge in [-0.15, -0.1) is 0 Å². The van der Waals surface area contributed by atoms with Gasteiger partial charge in [0, 0.05) is 19.2 Å². The third kappa shape index (κ3) is 4.79. The number of carbonyl (C=O) groups excluding carboxylic acids is 2. The SMILES string of the molecule is O=C(COc1ccc(Cl)c(Cl)c1)NCC(=O)N1CCCC1. The van der Waals surface area contributed by atoms with Crippen LogP contribution in [0.25, 0.3) is 0 Å². The highest BCUT2D eigenvalue weighted by atomic mass is 35.5. The second kappa shape index (κ2) is 7.52. The Hall–Kier alpha value is -1.46. The van der Waals surface area contributed by atoms with Crippen LogP contribution in [0.2, 0.25) is 10.0 Å². The molecule has 0 atom stereocenters. The lowest BCUT2D eigenvalue weighted by atomic mass is 10.3. The molecule has 5 nitrogen and oxygen atoms in total. The molecule has 0 unspecified atom stereocenters. The first-order chi connectivity index (χ1) is 10.1. The van der Waals surface area contributed by atoms with E-state index in [-0.39, 0.29) is 25.0 Å². The molecule has 1 aliphatic heterocycles. The molecule has 0 spiro atoms. The normalized spacial score (nSPS) is 14.1. The summed E-state index contributed by atoms with van der Waals surface area (Å²) in [5, 5.41) is 3.32. The van der Waals surface area contributed by atoms with Gasteiger partial charge in [0.15, 0.2) is 6.61 Å². The Balaban J connectivity index is 1.71. The van der Waals surface area contributed by atoms with Crippen LogP contribution in [-0.2, 0) is 9.59 Å². The van der Waals surface area contributed by atoms with E-state index in [1.165, 1.54) is 6.07 Å². The number of amides is 2. The smallest absolute Gasteiger partial charge is 0.258 e. The Labute approximate surface area is 133 Å². The Morgan fingerprint density at radius 3 is 2.57 bits per heavy atom. The van der Waals surface area contributed by atoms with Crippen LogP contribution in [0.3, 0.4) is 0 Å². The lowest BCUT2D eigenvalue weighted by Gasteiger charge is -2.15.